The monoisotopic (exact) mass is 196 g/mol. The van der Waals surface area contributed by atoms with Gasteiger partial charge in [-0.1, -0.05) is 5.92 Å². The molecule has 0 aromatic carbocycles. The summed E-state index contributed by atoms with van der Waals surface area (Å²) in [5.41, 5.74) is 0. The first-order valence-electron chi connectivity index (χ1n) is 5.18. The highest BCUT2D eigenvalue weighted by Gasteiger charge is 2.40. The highest BCUT2D eigenvalue weighted by Crippen LogP contribution is 2.36. The van der Waals surface area contributed by atoms with Crippen LogP contribution in [0, 0.1) is 12.3 Å². The molecule has 14 heavy (non-hydrogen) atoms. The van der Waals surface area contributed by atoms with E-state index in [9.17, 15) is 0 Å². The zero-order valence-corrected chi connectivity index (χ0v) is 8.33. The van der Waals surface area contributed by atoms with Gasteiger partial charge in [-0.2, -0.15) is 0 Å². The molecular formula is C11H16O3. The maximum atomic E-state index is 5.62. The van der Waals surface area contributed by atoms with Crippen molar-refractivity contribution in [3.8, 4) is 12.3 Å². The van der Waals surface area contributed by atoms with Crippen molar-refractivity contribution in [2.75, 3.05) is 19.8 Å². The van der Waals surface area contributed by atoms with Crippen LogP contribution in [0.3, 0.4) is 0 Å². The van der Waals surface area contributed by atoms with Gasteiger partial charge in [-0.3, -0.25) is 0 Å². The third-order valence-electron chi connectivity index (χ3n) is 2.91. The van der Waals surface area contributed by atoms with Crippen molar-refractivity contribution < 1.29 is 14.2 Å². The highest BCUT2D eigenvalue weighted by atomic mass is 16.7. The lowest BCUT2D eigenvalue weighted by Crippen LogP contribution is -2.37. The van der Waals surface area contributed by atoms with E-state index >= 15 is 0 Å². The van der Waals surface area contributed by atoms with E-state index in [0.717, 1.165) is 38.9 Å². The number of hydrogen-bond donors (Lipinski definition) is 0. The van der Waals surface area contributed by atoms with E-state index in [1.54, 1.807) is 0 Å². The molecule has 0 unspecified atom stereocenters. The molecule has 0 bridgehead atoms. The minimum Gasteiger partial charge on any atom is -0.366 e. The predicted molar refractivity (Wildman–Crippen MR) is 51.7 cm³/mol. The van der Waals surface area contributed by atoms with Gasteiger partial charge in [0.15, 0.2) is 5.79 Å². The highest BCUT2D eigenvalue weighted by molar-refractivity contribution is 4.86. The summed E-state index contributed by atoms with van der Waals surface area (Å²) in [6, 6.07) is 0. The van der Waals surface area contributed by atoms with Crippen LogP contribution in [0.15, 0.2) is 0 Å². The minimum absolute atomic E-state index is 0.282. The maximum Gasteiger partial charge on any atom is 0.168 e. The molecule has 1 spiro atoms. The van der Waals surface area contributed by atoms with Gasteiger partial charge in [0, 0.05) is 12.8 Å². The van der Waals surface area contributed by atoms with Crippen molar-refractivity contribution in [2.24, 2.45) is 0 Å². The molecule has 0 amide bonds. The van der Waals surface area contributed by atoms with Gasteiger partial charge < -0.3 is 14.2 Å². The second-order valence-corrected chi connectivity index (χ2v) is 3.82. The molecule has 1 saturated carbocycles. The summed E-state index contributed by atoms with van der Waals surface area (Å²) < 4.78 is 16.7. The lowest BCUT2D eigenvalue weighted by atomic mass is 9.92. The summed E-state index contributed by atoms with van der Waals surface area (Å²) in [4.78, 5) is 0. The molecule has 2 aliphatic rings. The van der Waals surface area contributed by atoms with Crippen LogP contribution in [0.25, 0.3) is 0 Å². The van der Waals surface area contributed by atoms with E-state index in [1.165, 1.54) is 0 Å². The number of ether oxygens (including phenoxy) is 3. The molecule has 3 heteroatoms. The predicted octanol–water partition coefficient (Wildman–Crippen LogP) is 1.32. The van der Waals surface area contributed by atoms with Gasteiger partial charge in [-0.05, 0) is 12.8 Å². The minimum atomic E-state index is -0.282. The molecule has 0 N–H and O–H groups in total. The molecule has 2 rings (SSSR count). The van der Waals surface area contributed by atoms with Gasteiger partial charge in [-0.25, -0.2) is 0 Å². The van der Waals surface area contributed by atoms with Crippen LogP contribution < -0.4 is 0 Å². The van der Waals surface area contributed by atoms with Crippen molar-refractivity contribution in [3.63, 3.8) is 0 Å². The second kappa shape index (κ2) is 4.31. The quantitative estimate of drug-likeness (QED) is 0.623. The summed E-state index contributed by atoms with van der Waals surface area (Å²) in [6.45, 7) is 1.88. The molecular weight excluding hydrogens is 180 g/mol. The van der Waals surface area contributed by atoms with Gasteiger partial charge in [0.25, 0.3) is 0 Å². The summed E-state index contributed by atoms with van der Waals surface area (Å²) in [7, 11) is 0. The van der Waals surface area contributed by atoms with E-state index in [0.29, 0.717) is 12.7 Å². The first-order chi connectivity index (χ1) is 6.85. The van der Waals surface area contributed by atoms with Gasteiger partial charge in [0.05, 0.1) is 19.3 Å². The number of hydrogen-bond acceptors (Lipinski definition) is 3. The number of rotatable bonds is 2. The Labute approximate surface area is 84.7 Å². The molecule has 1 heterocycles. The zero-order chi connectivity index (χ0) is 9.86. The van der Waals surface area contributed by atoms with Crippen LogP contribution >= 0.6 is 0 Å². The Morgan fingerprint density at radius 3 is 2.50 bits per heavy atom. The van der Waals surface area contributed by atoms with Gasteiger partial charge in [0.2, 0.25) is 0 Å². The van der Waals surface area contributed by atoms with Crippen molar-refractivity contribution in [1.29, 1.82) is 0 Å². The molecule has 1 aliphatic carbocycles. The van der Waals surface area contributed by atoms with Crippen LogP contribution in [-0.4, -0.2) is 31.7 Å². The summed E-state index contributed by atoms with van der Waals surface area (Å²) >= 11 is 0. The molecule has 1 aliphatic heterocycles. The second-order valence-electron chi connectivity index (χ2n) is 3.82. The van der Waals surface area contributed by atoms with Crippen molar-refractivity contribution in [3.05, 3.63) is 0 Å². The van der Waals surface area contributed by atoms with Crippen LogP contribution in [-0.2, 0) is 14.2 Å². The van der Waals surface area contributed by atoms with Crippen LogP contribution in [0.1, 0.15) is 25.7 Å². The van der Waals surface area contributed by atoms with Gasteiger partial charge in [-0.15, -0.1) is 6.42 Å². The first kappa shape index (κ1) is 9.97. The Morgan fingerprint density at radius 2 is 1.93 bits per heavy atom. The lowest BCUT2D eigenvalue weighted by molar-refractivity contribution is -0.190. The largest absolute Gasteiger partial charge is 0.366 e. The average Bonchev–Trinajstić information content (AvgIpc) is 2.66. The van der Waals surface area contributed by atoms with Gasteiger partial charge in [0.1, 0.15) is 6.61 Å². The molecule has 78 valence electrons. The van der Waals surface area contributed by atoms with E-state index in [1.807, 2.05) is 0 Å². The Morgan fingerprint density at radius 1 is 1.29 bits per heavy atom. The lowest BCUT2D eigenvalue weighted by Gasteiger charge is -2.34. The van der Waals surface area contributed by atoms with Crippen molar-refractivity contribution in [2.45, 2.75) is 37.6 Å². The van der Waals surface area contributed by atoms with E-state index < -0.39 is 0 Å². The molecule has 0 radical (unpaired) electrons. The Balaban J connectivity index is 1.77. The van der Waals surface area contributed by atoms with E-state index in [-0.39, 0.29) is 5.79 Å². The average molecular weight is 196 g/mol. The third kappa shape index (κ3) is 2.09. The SMILES string of the molecule is C#CCOC1CCC2(CC1)OCCO2. The summed E-state index contributed by atoms with van der Waals surface area (Å²) in [5, 5.41) is 0. The normalized spacial score (nSPS) is 26.5. The summed E-state index contributed by atoms with van der Waals surface area (Å²) in [6.07, 6.45) is 9.27. The van der Waals surface area contributed by atoms with Crippen LogP contribution in [0.2, 0.25) is 0 Å². The fourth-order valence-electron chi connectivity index (χ4n) is 2.15. The van der Waals surface area contributed by atoms with Gasteiger partial charge >= 0.3 is 0 Å². The molecule has 3 nitrogen and oxygen atoms in total. The van der Waals surface area contributed by atoms with E-state index in [2.05, 4.69) is 5.92 Å². The van der Waals surface area contributed by atoms with E-state index in [4.69, 9.17) is 20.6 Å². The molecule has 0 aromatic heterocycles. The zero-order valence-electron chi connectivity index (χ0n) is 8.33. The standard InChI is InChI=1S/C11H16O3/c1-2-7-12-10-3-5-11(6-4-10)13-8-9-14-11/h1,10H,3-9H2. The smallest absolute Gasteiger partial charge is 0.168 e. The maximum absolute atomic E-state index is 5.62. The topological polar surface area (TPSA) is 27.7 Å². The fraction of sp³-hybridized carbons (Fsp3) is 0.818. The summed E-state index contributed by atoms with van der Waals surface area (Å²) in [5.74, 6) is 2.21. The van der Waals surface area contributed by atoms with Crippen LogP contribution in [0.4, 0.5) is 0 Å². The molecule has 1 saturated heterocycles. The van der Waals surface area contributed by atoms with Crippen molar-refractivity contribution in [1.82, 2.24) is 0 Å². The molecule has 2 fully saturated rings. The first-order valence-corrected chi connectivity index (χ1v) is 5.18. The Hall–Kier alpha value is -0.560. The van der Waals surface area contributed by atoms with Crippen LogP contribution in [0.5, 0.6) is 0 Å². The molecule has 0 atom stereocenters. The third-order valence-corrected chi connectivity index (χ3v) is 2.91. The molecule has 0 aromatic rings. The Bertz CT molecular complexity index is 215. The van der Waals surface area contributed by atoms with Crippen molar-refractivity contribution >= 4 is 0 Å². The Kier molecular flexibility index (Phi) is 3.07. The fourth-order valence-corrected chi connectivity index (χ4v) is 2.15. The number of terminal acetylenes is 1.